The van der Waals surface area contributed by atoms with Crippen LogP contribution in [0, 0.1) is 6.92 Å². The Balaban J connectivity index is 1.67. The van der Waals surface area contributed by atoms with Gasteiger partial charge in [0.1, 0.15) is 5.65 Å². The predicted molar refractivity (Wildman–Crippen MR) is 139 cm³/mol. The summed E-state index contributed by atoms with van der Waals surface area (Å²) in [4.78, 5) is 22.7. The van der Waals surface area contributed by atoms with Crippen LogP contribution in [-0.4, -0.2) is 56.6 Å². The van der Waals surface area contributed by atoms with Crippen LogP contribution in [0.15, 0.2) is 42.6 Å². The van der Waals surface area contributed by atoms with Gasteiger partial charge in [-0.2, -0.15) is 13.2 Å². The van der Waals surface area contributed by atoms with Crippen LogP contribution in [-0.2, 0) is 6.18 Å². The molecule has 0 saturated carbocycles. The summed E-state index contributed by atoms with van der Waals surface area (Å²) >= 11 is 0. The number of benzene rings is 2. The number of aryl methyl sites for hydroxylation is 1. The van der Waals surface area contributed by atoms with Crippen LogP contribution in [0.25, 0.3) is 16.6 Å². The minimum Gasteiger partial charge on any atom is -0.378 e. The van der Waals surface area contributed by atoms with E-state index in [1.165, 1.54) is 11.4 Å². The molecule has 1 aliphatic heterocycles. The minimum absolute atomic E-state index is 0.0132. The lowest BCUT2D eigenvalue weighted by Crippen LogP contribution is -2.40. The lowest BCUT2D eigenvalue weighted by Gasteiger charge is -2.33. The van der Waals surface area contributed by atoms with Crippen molar-refractivity contribution in [2.75, 3.05) is 30.4 Å². The molecule has 1 amide bonds. The van der Waals surface area contributed by atoms with E-state index in [0.29, 0.717) is 27.2 Å². The third-order valence-corrected chi connectivity index (χ3v) is 7.02. The Morgan fingerprint density at radius 3 is 2.48 bits per heavy atom. The molecule has 0 aliphatic carbocycles. The molecule has 2 aromatic carbocycles. The number of hydrogen-bond acceptors (Lipinski definition) is 6. The molecule has 2 aromatic heterocycles. The minimum atomic E-state index is -4.72. The van der Waals surface area contributed by atoms with Crippen molar-refractivity contribution in [3.8, 4) is 0 Å². The van der Waals surface area contributed by atoms with Crippen molar-refractivity contribution < 1.29 is 32.0 Å². The molecule has 2 N–H and O–H groups in total. The highest BCUT2D eigenvalue weighted by Gasteiger charge is 2.38. The molecular formula is C27H27F5N6O2. The molecule has 1 fully saturated rings. The first-order valence-electron chi connectivity index (χ1n) is 12.6. The quantitative estimate of drug-likeness (QED) is 0.174. The van der Waals surface area contributed by atoms with Gasteiger partial charge in [0, 0.05) is 55.8 Å². The monoisotopic (exact) mass is 562 g/mol. The average molecular weight is 563 g/mol. The van der Waals surface area contributed by atoms with Gasteiger partial charge in [0.05, 0.1) is 17.1 Å². The van der Waals surface area contributed by atoms with E-state index in [0.717, 1.165) is 11.8 Å². The van der Waals surface area contributed by atoms with Gasteiger partial charge in [0.15, 0.2) is 5.69 Å². The van der Waals surface area contributed by atoms with Crippen molar-refractivity contribution in [2.24, 2.45) is 0 Å². The van der Waals surface area contributed by atoms with E-state index in [1.54, 1.807) is 49.1 Å². The molecule has 1 saturated heterocycles. The number of hydroxylamine groups is 2. The van der Waals surface area contributed by atoms with Crippen LogP contribution in [0.4, 0.5) is 33.6 Å². The molecular weight excluding hydrogens is 535 g/mol. The summed E-state index contributed by atoms with van der Waals surface area (Å²) in [7, 11) is 1.21. The molecule has 212 valence electrons. The van der Waals surface area contributed by atoms with E-state index in [4.69, 9.17) is 4.98 Å². The number of fused-ring (bicyclic) bond motifs is 3. The van der Waals surface area contributed by atoms with Gasteiger partial charge < -0.3 is 10.2 Å². The summed E-state index contributed by atoms with van der Waals surface area (Å²) in [5.41, 5.74) is 1.24. The van der Waals surface area contributed by atoms with Crippen LogP contribution >= 0.6 is 0 Å². The van der Waals surface area contributed by atoms with Crippen molar-refractivity contribution in [1.82, 2.24) is 19.4 Å². The van der Waals surface area contributed by atoms with Crippen LogP contribution in [0.2, 0.25) is 0 Å². The fourth-order valence-corrected chi connectivity index (χ4v) is 4.98. The number of para-hydroxylation sites is 1. The highest BCUT2D eigenvalue weighted by molar-refractivity contribution is 5.99. The Bertz CT molecular complexity index is 1590. The molecule has 40 heavy (non-hydrogen) atoms. The number of halogens is 5. The second-order valence-corrected chi connectivity index (χ2v) is 10.1. The van der Waals surface area contributed by atoms with E-state index in [2.05, 4.69) is 10.3 Å². The molecule has 0 bridgehead atoms. The van der Waals surface area contributed by atoms with Gasteiger partial charge >= 0.3 is 6.18 Å². The number of anilines is 2. The molecule has 1 aliphatic rings. The van der Waals surface area contributed by atoms with E-state index >= 15 is 0 Å². The standard InChI is InChI=1S/C27H27F5N6O2/c1-15-12-18(16(2)33-20-7-5-4-6-17(20)24(39)36(3)40)22-19(13-15)23-34-21(27(30,31)32)14-38(23)25(35-22)37-10-8-26(28,29)9-11-37/h4-7,12-14,16,33,40H,8-11H2,1-3H3. The van der Waals surface area contributed by atoms with Crippen molar-refractivity contribution in [2.45, 2.75) is 44.8 Å². The smallest absolute Gasteiger partial charge is 0.378 e. The highest BCUT2D eigenvalue weighted by Crippen LogP contribution is 2.37. The lowest BCUT2D eigenvalue weighted by atomic mass is 10.00. The van der Waals surface area contributed by atoms with Gasteiger partial charge in [-0.25, -0.2) is 23.8 Å². The molecule has 1 atom stereocenters. The van der Waals surface area contributed by atoms with Crippen LogP contribution in [0.3, 0.4) is 0 Å². The van der Waals surface area contributed by atoms with Crippen LogP contribution in [0.1, 0.15) is 53.0 Å². The summed E-state index contributed by atoms with van der Waals surface area (Å²) < 4.78 is 70.2. The van der Waals surface area contributed by atoms with Gasteiger partial charge in [0.25, 0.3) is 11.8 Å². The Hall–Kier alpha value is -4.00. The number of rotatable bonds is 5. The molecule has 5 rings (SSSR count). The first-order chi connectivity index (χ1) is 18.7. The molecule has 3 heterocycles. The number of piperidine rings is 1. The molecule has 8 nitrogen and oxygen atoms in total. The summed E-state index contributed by atoms with van der Waals surface area (Å²) in [6.45, 7) is 3.43. The van der Waals surface area contributed by atoms with E-state index in [1.807, 2.05) is 6.07 Å². The lowest BCUT2D eigenvalue weighted by molar-refractivity contribution is -0.140. The fourth-order valence-electron chi connectivity index (χ4n) is 4.98. The van der Waals surface area contributed by atoms with Gasteiger partial charge in [0.2, 0.25) is 5.95 Å². The number of carbonyl (C=O) groups is 1. The Morgan fingerprint density at radius 1 is 1.15 bits per heavy atom. The zero-order chi connectivity index (χ0) is 29.0. The molecule has 1 unspecified atom stereocenters. The molecule has 0 radical (unpaired) electrons. The number of amides is 1. The van der Waals surface area contributed by atoms with Crippen molar-refractivity contribution >= 4 is 34.1 Å². The number of hydrogen-bond donors (Lipinski definition) is 2. The van der Waals surface area contributed by atoms with Crippen molar-refractivity contribution in [3.05, 3.63) is 65.0 Å². The number of nitrogens with one attached hydrogen (secondary N) is 1. The van der Waals surface area contributed by atoms with Crippen LogP contribution in [0.5, 0.6) is 0 Å². The first-order valence-corrected chi connectivity index (χ1v) is 12.6. The Kier molecular flexibility index (Phi) is 6.81. The SMILES string of the molecule is Cc1cc(C(C)Nc2ccccc2C(=O)N(C)O)c2nc(N3CCC(F)(F)CC3)n3cc(C(F)(F)F)nc3c2c1. The third-order valence-electron chi connectivity index (χ3n) is 7.02. The topological polar surface area (TPSA) is 86.0 Å². The third kappa shape index (κ3) is 5.12. The van der Waals surface area contributed by atoms with Crippen molar-refractivity contribution in [1.29, 1.82) is 0 Å². The zero-order valence-electron chi connectivity index (χ0n) is 21.9. The Morgan fingerprint density at radius 2 is 1.82 bits per heavy atom. The first kappa shape index (κ1) is 27.6. The number of carbonyl (C=O) groups excluding carboxylic acids is 1. The maximum atomic E-state index is 13.9. The van der Waals surface area contributed by atoms with Gasteiger partial charge in [-0.3, -0.25) is 14.4 Å². The number of nitrogens with zero attached hydrogens (tertiary/aromatic N) is 5. The predicted octanol–water partition coefficient (Wildman–Crippen LogP) is 6.08. The van der Waals surface area contributed by atoms with E-state index in [9.17, 15) is 32.0 Å². The summed E-state index contributed by atoms with van der Waals surface area (Å²) in [6.07, 6.45) is -4.77. The fraction of sp³-hybridized carbons (Fsp3) is 0.370. The maximum Gasteiger partial charge on any atom is 0.434 e. The number of aromatic nitrogens is 3. The molecule has 4 aromatic rings. The molecule has 13 heteroatoms. The molecule has 0 spiro atoms. The second-order valence-electron chi connectivity index (χ2n) is 10.1. The van der Waals surface area contributed by atoms with Gasteiger partial charge in [-0.05, 0) is 37.6 Å². The Labute approximate surface area is 226 Å². The largest absolute Gasteiger partial charge is 0.434 e. The van der Waals surface area contributed by atoms with Gasteiger partial charge in [-0.15, -0.1) is 0 Å². The maximum absolute atomic E-state index is 13.9. The van der Waals surface area contributed by atoms with Crippen LogP contribution < -0.4 is 10.2 Å². The number of imidazole rings is 1. The summed E-state index contributed by atoms with van der Waals surface area (Å²) in [5.74, 6) is -3.39. The normalized spacial score (nSPS) is 16.4. The van der Waals surface area contributed by atoms with Gasteiger partial charge in [-0.1, -0.05) is 18.2 Å². The summed E-state index contributed by atoms with van der Waals surface area (Å²) in [6, 6.07) is 9.59. The van der Waals surface area contributed by atoms with E-state index in [-0.39, 0.29) is 30.2 Å². The zero-order valence-corrected chi connectivity index (χ0v) is 21.9. The van der Waals surface area contributed by atoms with E-state index < -0.39 is 42.6 Å². The average Bonchev–Trinajstić information content (AvgIpc) is 3.35. The number of alkyl halides is 5. The second kappa shape index (κ2) is 9.88. The highest BCUT2D eigenvalue weighted by atomic mass is 19.4. The summed E-state index contributed by atoms with van der Waals surface area (Å²) in [5, 5.41) is 13.8. The van der Waals surface area contributed by atoms with Crippen molar-refractivity contribution in [3.63, 3.8) is 0 Å².